The fourth-order valence-corrected chi connectivity index (χ4v) is 2.11. The number of aryl methyl sites for hydroxylation is 1. The van der Waals surface area contributed by atoms with Gasteiger partial charge in [0.15, 0.2) is 6.61 Å². The van der Waals surface area contributed by atoms with Gasteiger partial charge in [-0.3, -0.25) is 4.79 Å². The zero-order chi connectivity index (χ0) is 13.0. The molecular formula is C15H21NO2. The highest BCUT2D eigenvalue weighted by molar-refractivity contribution is 5.78. The molecule has 18 heavy (non-hydrogen) atoms. The second kappa shape index (κ2) is 5.89. The number of carbonyl (C=O) groups excluding carboxylic acids is 1. The lowest BCUT2D eigenvalue weighted by Crippen LogP contribution is -2.36. The molecule has 2 rings (SSSR count). The van der Waals surface area contributed by atoms with Gasteiger partial charge >= 0.3 is 0 Å². The third kappa shape index (κ3) is 3.25. The average Bonchev–Trinajstić information content (AvgIpc) is 3.22. The van der Waals surface area contributed by atoms with Crippen LogP contribution in [0.15, 0.2) is 24.3 Å². The zero-order valence-corrected chi connectivity index (χ0v) is 11.2. The van der Waals surface area contributed by atoms with Gasteiger partial charge in [-0.25, -0.2) is 0 Å². The minimum Gasteiger partial charge on any atom is -0.484 e. The van der Waals surface area contributed by atoms with Crippen molar-refractivity contribution in [2.24, 2.45) is 0 Å². The van der Waals surface area contributed by atoms with Crippen molar-refractivity contribution in [1.82, 2.24) is 4.90 Å². The van der Waals surface area contributed by atoms with Crippen molar-refractivity contribution in [1.29, 1.82) is 0 Å². The van der Waals surface area contributed by atoms with Crippen LogP contribution < -0.4 is 4.74 Å². The molecule has 3 heteroatoms. The second-order valence-corrected chi connectivity index (χ2v) is 4.70. The highest BCUT2D eigenvalue weighted by atomic mass is 16.5. The summed E-state index contributed by atoms with van der Waals surface area (Å²) in [6.07, 6.45) is 3.27. The number of hydrogen-bond donors (Lipinski definition) is 0. The number of nitrogens with zero attached hydrogens (tertiary/aromatic N) is 1. The van der Waals surface area contributed by atoms with Gasteiger partial charge in [0, 0.05) is 12.6 Å². The highest BCUT2D eigenvalue weighted by Crippen LogP contribution is 2.26. The maximum atomic E-state index is 12.0. The van der Waals surface area contributed by atoms with E-state index in [-0.39, 0.29) is 12.5 Å². The Morgan fingerprint density at radius 2 is 2.17 bits per heavy atom. The fourth-order valence-electron chi connectivity index (χ4n) is 2.11. The monoisotopic (exact) mass is 247 g/mol. The first-order valence-electron chi connectivity index (χ1n) is 6.75. The quantitative estimate of drug-likeness (QED) is 0.773. The van der Waals surface area contributed by atoms with E-state index >= 15 is 0 Å². The van der Waals surface area contributed by atoms with Crippen LogP contribution in [0.1, 0.15) is 32.3 Å². The number of benzene rings is 1. The van der Waals surface area contributed by atoms with Crippen molar-refractivity contribution in [3.8, 4) is 5.75 Å². The molecule has 0 atom stereocenters. The van der Waals surface area contributed by atoms with Crippen molar-refractivity contribution in [2.75, 3.05) is 13.2 Å². The lowest BCUT2D eigenvalue weighted by Gasteiger charge is -2.20. The van der Waals surface area contributed by atoms with Crippen molar-refractivity contribution >= 4 is 5.91 Å². The average molecular weight is 247 g/mol. The van der Waals surface area contributed by atoms with Gasteiger partial charge in [0.25, 0.3) is 5.91 Å². The summed E-state index contributed by atoms with van der Waals surface area (Å²) in [6.45, 7) is 5.06. The molecule has 0 aromatic heterocycles. The van der Waals surface area contributed by atoms with Crippen LogP contribution in [0.4, 0.5) is 0 Å². The summed E-state index contributed by atoms with van der Waals surface area (Å²) in [6, 6.07) is 8.41. The highest BCUT2D eigenvalue weighted by Gasteiger charge is 2.31. The first kappa shape index (κ1) is 12.9. The number of ether oxygens (including phenoxy) is 1. The molecule has 3 nitrogen and oxygen atoms in total. The summed E-state index contributed by atoms with van der Waals surface area (Å²) in [5.74, 6) is 0.886. The van der Waals surface area contributed by atoms with Gasteiger partial charge in [0.2, 0.25) is 0 Å². The molecule has 0 heterocycles. The van der Waals surface area contributed by atoms with Gasteiger partial charge < -0.3 is 9.64 Å². The van der Waals surface area contributed by atoms with Crippen LogP contribution in [0.3, 0.4) is 0 Å². The minimum absolute atomic E-state index is 0.0990. The van der Waals surface area contributed by atoms with Crippen LogP contribution in [0.2, 0.25) is 0 Å². The Hall–Kier alpha value is -1.51. The SMILES string of the molecule is CCc1cccc(OCC(=O)N(CC)C2CC2)c1. The van der Waals surface area contributed by atoms with E-state index in [1.807, 2.05) is 30.0 Å². The second-order valence-electron chi connectivity index (χ2n) is 4.70. The molecule has 0 unspecified atom stereocenters. The Balaban J connectivity index is 1.87. The number of hydrogen-bond acceptors (Lipinski definition) is 2. The normalized spacial score (nSPS) is 14.3. The number of likely N-dealkylation sites (N-methyl/N-ethyl adjacent to an activating group) is 1. The van der Waals surface area contributed by atoms with Gasteiger partial charge in [-0.15, -0.1) is 0 Å². The van der Waals surface area contributed by atoms with Crippen molar-refractivity contribution in [3.05, 3.63) is 29.8 Å². The molecule has 98 valence electrons. The zero-order valence-electron chi connectivity index (χ0n) is 11.2. The largest absolute Gasteiger partial charge is 0.484 e. The summed E-state index contributed by atoms with van der Waals surface area (Å²) < 4.78 is 5.58. The van der Waals surface area contributed by atoms with Crippen LogP contribution in [-0.2, 0) is 11.2 Å². The standard InChI is InChI=1S/C15H21NO2/c1-3-12-6-5-7-14(10-12)18-11-15(17)16(4-2)13-8-9-13/h5-7,10,13H,3-4,8-9,11H2,1-2H3. The van der Waals surface area contributed by atoms with Gasteiger partial charge in [0.05, 0.1) is 0 Å². The first-order valence-corrected chi connectivity index (χ1v) is 6.75. The molecule has 1 fully saturated rings. The molecule has 1 amide bonds. The van der Waals surface area contributed by atoms with E-state index in [4.69, 9.17) is 4.74 Å². The van der Waals surface area contributed by atoms with Crippen LogP contribution in [0.25, 0.3) is 0 Å². The molecule has 1 aliphatic rings. The molecular weight excluding hydrogens is 226 g/mol. The molecule has 0 saturated heterocycles. The Morgan fingerprint density at radius 1 is 1.39 bits per heavy atom. The summed E-state index contributed by atoms with van der Waals surface area (Å²) in [5, 5.41) is 0. The fraction of sp³-hybridized carbons (Fsp3) is 0.533. The number of amides is 1. The van der Waals surface area contributed by atoms with Crippen molar-refractivity contribution in [2.45, 2.75) is 39.2 Å². The van der Waals surface area contributed by atoms with Crippen molar-refractivity contribution < 1.29 is 9.53 Å². The molecule has 0 bridgehead atoms. The molecule has 0 radical (unpaired) electrons. The molecule has 1 saturated carbocycles. The predicted molar refractivity (Wildman–Crippen MR) is 71.7 cm³/mol. The van der Waals surface area contributed by atoms with Crippen molar-refractivity contribution in [3.63, 3.8) is 0 Å². The smallest absolute Gasteiger partial charge is 0.260 e. The topological polar surface area (TPSA) is 29.5 Å². The number of carbonyl (C=O) groups is 1. The minimum atomic E-state index is 0.0990. The Morgan fingerprint density at radius 3 is 2.78 bits per heavy atom. The van der Waals surface area contributed by atoms with Gasteiger partial charge in [0.1, 0.15) is 5.75 Å². The van der Waals surface area contributed by atoms with E-state index in [1.54, 1.807) is 0 Å². The Labute approximate surface area is 109 Å². The first-order chi connectivity index (χ1) is 8.74. The summed E-state index contributed by atoms with van der Waals surface area (Å²) in [7, 11) is 0. The third-order valence-corrected chi connectivity index (χ3v) is 3.32. The van der Waals surface area contributed by atoms with E-state index in [0.29, 0.717) is 6.04 Å². The van der Waals surface area contributed by atoms with Gasteiger partial charge in [-0.2, -0.15) is 0 Å². The summed E-state index contributed by atoms with van der Waals surface area (Å²) >= 11 is 0. The van der Waals surface area contributed by atoms with Crippen LogP contribution in [0, 0.1) is 0 Å². The third-order valence-electron chi connectivity index (χ3n) is 3.32. The van der Waals surface area contributed by atoms with Crippen LogP contribution in [0.5, 0.6) is 5.75 Å². The molecule has 0 aliphatic heterocycles. The van der Waals surface area contributed by atoms with E-state index in [9.17, 15) is 4.79 Å². The lowest BCUT2D eigenvalue weighted by molar-refractivity contribution is -0.133. The summed E-state index contributed by atoms with van der Waals surface area (Å²) in [4.78, 5) is 13.9. The molecule has 0 spiro atoms. The van der Waals surface area contributed by atoms with Gasteiger partial charge in [-0.05, 0) is 43.9 Å². The Kier molecular flexibility index (Phi) is 4.24. The van der Waals surface area contributed by atoms with E-state index in [0.717, 1.165) is 31.6 Å². The molecule has 1 aromatic rings. The van der Waals surface area contributed by atoms with E-state index in [1.165, 1.54) is 5.56 Å². The van der Waals surface area contributed by atoms with E-state index in [2.05, 4.69) is 13.0 Å². The molecule has 1 aromatic carbocycles. The van der Waals surface area contributed by atoms with E-state index < -0.39 is 0 Å². The predicted octanol–water partition coefficient (Wildman–Crippen LogP) is 2.64. The maximum Gasteiger partial charge on any atom is 0.260 e. The summed E-state index contributed by atoms with van der Waals surface area (Å²) in [5.41, 5.74) is 1.23. The van der Waals surface area contributed by atoms with Gasteiger partial charge in [-0.1, -0.05) is 19.1 Å². The lowest BCUT2D eigenvalue weighted by atomic mass is 10.2. The molecule has 1 aliphatic carbocycles. The van der Waals surface area contributed by atoms with Crippen LogP contribution >= 0.6 is 0 Å². The molecule has 0 N–H and O–H groups in total. The van der Waals surface area contributed by atoms with Crippen LogP contribution in [-0.4, -0.2) is 30.0 Å². The maximum absolute atomic E-state index is 12.0. The Bertz CT molecular complexity index is 413. The number of rotatable bonds is 6.